The number of allylic oxidation sites excluding steroid dienone is 2. The van der Waals surface area contributed by atoms with Crippen LogP contribution >= 0.6 is 10.7 Å². The first kappa shape index (κ1) is 10.4. The van der Waals surface area contributed by atoms with E-state index in [9.17, 15) is 8.42 Å². The molecule has 2 unspecified atom stereocenters. The molecule has 0 saturated carbocycles. The molecule has 1 aliphatic carbocycles. The van der Waals surface area contributed by atoms with Gasteiger partial charge in [0.25, 0.3) is 0 Å². The molecule has 2 aliphatic heterocycles. The molecule has 0 spiro atoms. The minimum atomic E-state index is -3.93. The lowest BCUT2D eigenvalue weighted by Crippen LogP contribution is -2.26. The molecule has 0 amide bonds. The Morgan fingerprint density at radius 3 is 2.67 bits per heavy atom. The van der Waals surface area contributed by atoms with Gasteiger partial charge >= 0.3 is 9.24 Å². The molecular weight excluding hydrogens is 238 g/mol. The quantitative estimate of drug-likeness (QED) is 0.520. The van der Waals surface area contributed by atoms with Crippen LogP contribution in [0, 0.1) is 5.92 Å². The van der Waals surface area contributed by atoms with Crippen LogP contribution < -0.4 is 0 Å². The van der Waals surface area contributed by atoms with Crippen LogP contribution in [0.1, 0.15) is 0 Å². The van der Waals surface area contributed by atoms with E-state index in [4.69, 9.17) is 15.4 Å². The number of rotatable bonds is 1. The van der Waals surface area contributed by atoms with E-state index < -0.39 is 9.24 Å². The molecule has 2 heterocycles. The average molecular weight is 246 g/mol. The maximum absolute atomic E-state index is 10.8. The summed E-state index contributed by atoms with van der Waals surface area (Å²) in [6.07, 6.45) is 10.6. The Labute approximate surface area is 92.2 Å². The molecule has 3 rings (SSSR count). The third-order valence-corrected chi connectivity index (χ3v) is 2.58. The topological polar surface area (TPSA) is 55.7 Å². The van der Waals surface area contributed by atoms with Crippen molar-refractivity contribution in [2.45, 2.75) is 6.10 Å². The van der Waals surface area contributed by atoms with Crippen LogP contribution in [-0.4, -0.2) is 20.4 Å². The third-order valence-electron chi connectivity index (χ3n) is 1.98. The molecule has 0 aromatic heterocycles. The van der Waals surface area contributed by atoms with Gasteiger partial charge in [-0.2, -0.15) is 8.42 Å². The van der Waals surface area contributed by atoms with Crippen molar-refractivity contribution in [3.8, 4) is 0 Å². The summed E-state index contributed by atoms with van der Waals surface area (Å²) < 4.78 is 30.3. The molecule has 0 N–H and O–H groups in total. The molecule has 3 aliphatic rings. The van der Waals surface area contributed by atoms with Crippen LogP contribution in [0.3, 0.4) is 0 Å². The maximum Gasteiger partial charge on any atom is 0.342 e. The fourth-order valence-corrected chi connectivity index (χ4v) is 1.95. The van der Waals surface area contributed by atoms with Gasteiger partial charge in [-0.15, -0.1) is 4.40 Å². The minimum absolute atomic E-state index is 0.109. The Kier molecular flexibility index (Phi) is 2.67. The normalized spacial score (nSPS) is 31.4. The zero-order chi connectivity index (χ0) is 10.9. The van der Waals surface area contributed by atoms with Crippen LogP contribution in [0.4, 0.5) is 0 Å². The molecule has 6 heteroatoms. The largest absolute Gasteiger partial charge is 0.468 e. The second-order valence-electron chi connectivity index (χ2n) is 3.10. The van der Waals surface area contributed by atoms with E-state index in [1.807, 2.05) is 24.3 Å². The van der Waals surface area contributed by atoms with Gasteiger partial charge < -0.3 is 4.74 Å². The zero-order valence-electron chi connectivity index (χ0n) is 7.58. The number of hydrogen-bond donors (Lipinski definition) is 0. The van der Waals surface area contributed by atoms with Gasteiger partial charge in [0.05, 0.1) is 5.92 Å². The molecule has 0 radical (unpaired) electrons. The summed E-state index contributed by atoms with van der Waals surface area (Å²) in [5.41, 5.74) is 0. The van der Waals surface area contributed by atoms with Gasteiger partial charge in [-0.1, -0.05) is 24.3 Å². The lowest BCUT2D eigenvalue weighted by molar-refractivity contribution is 0.261. The van der Waals surface area contributed by atoms with Gasteiger partial charge in [0.2, 0.25) is 5.90 Å². The van der Waals surface area contributed by atoms with Crippen molar-refractivity contribution in [2.24, 2.45) is 10.3 Å². The lowest BCUT2D eigenvalue weighted by Gasteiger charge is -2.23. The number of fused-ring (bicyclic) bond motifs is 2. The van der Waals surface area contributed by atoms with Crippen LogP contribution in [0.5, 0.6) is 0 Å². The summed E-state index contributed by atoms with van der Waals surface area (Å²) in [6, 6.07) is 0. The van der Waals surface area contributed by atoms with E-state index in [1.54, 1.807) is 12.2 Å². The second kappa shape index (κ2) is 3.83. The molecule has 0 saturated heterocycles. The van der Waals surface area contributed by atoms with Gasteiger partial charge in [-0.25, -0.2) is 0 Å². The molecule has 0 aromatic carbocycles. The van der Waals surface area contributed by atoms with Gasteiger partial charge in [0.15, 0.2) is 0 Å². The highest BCUT2D eigenvalue weighted by Gasteiger charge is 2.23. The Morgan fingerprint density at radius 1 is 1.20 bits per heavy atom. The summed E-state index contributed by atoms with van der Waals surface area (Å²) in [5.74, 6) is -0.155. The second-order valence-corrected chi connectivity index (χ2v) is 5.28. The van der Waals surface area contributed by atoms with Crippen molar-refractivity contribution < 1.29 is 13.2 Å². The summed E-state index contributed by atoms with van der Waals surface area (Å²) in [4.78, 5) is 0. The Bertz CT molecular complexity index is 476. The fourth-order valence-electron chi connectivity index (χ4n) is 1.37. The Balaban J connectivity index is 2.40. The van der Waals surface area contributed by atoms with Crippen molar-refractivity contribution >= 4 is 25.8 Å². The van der Waals surface area contributed by atoms with Crippen LogP contribution in [-0.2, 0) is 14.0 Å². The van der Waals surface area contributed by atoms with E-state index in [-0.39, 0.29) is 17.9 Å². The third kappa shape index (κ3) is 2.70. The fraction of sp³-hybridized carbons (Fsp3) is 0.222. The van der Waals surface area contributed by atoms with Crippen LogP contribution in [0.15, 0.2) is 40.9 Å². The van der Waals surface area contributed by atoms with Crippen molar-refractivity contribution in [1.29, 1.82) is 0 Å². The van der Waals surface area contributed by atoms with Crippen molar-refractivity contribution in [3.63, 3.8) is 0 Å². The van der Waals surface area contributed by atoms with E-state index in [0.29, 0.717) is 0 Å². The van der Waals surface area contributed by atoms with Crippen molar-refractivity contribution in [1.82, 2.24) is 0 Å². The standard InChI is InChI=1S/C9H8ClNO3S/c10-15(12,13)11-9-7-3-1-2-4-8(14-9)6-5-7/h1-8H/b3-1?,4-2?,11-9+. The number of ether oxygens (including phenoxy) is 1. The number of halogens is 1. The average Bonchev–Trinajstić information content (AvgIpc) is 2.04. The minimum Gasteiger partial charge on any atom is -0.468 e. The molecule has 80 valence electrons. The molecule has 2 atom stereocenters. The van der Waals surface area contributed by atoms with E-state index >= 15 is 0 Å². The lowest BCUT2D eigenvalue weighted by atomic mass is 10.0. The Morgan fingerprint density at radius 2 is 1.93 bits per heavy atom. The monoisotopic (exact) mass is 245 g/mol. The summed E-state index contributed by atoms with van der Waals surface area (Å²) in [6.45, 7) is 0. The first-order valence-electron chi connectivity index (χ1n) is 4.29. The van der Waals surface area contributed by atoms with Gasteiger partial charge in [0.1, 0.15) is 6.10 Å². The molecular formula is C9H8ClNO3S. The zero-order valence-corrected chi connectivity index (χ0v) is 9.15. The summed E-state index contributed by atoms with van der Waals surface area (Å²) in [5, 5.41) is 0. The smallest absolute Gasteiger partial charge is 0.342 e. The molecule has 2 bridgehead atoms. The highest BCUT2D eigenvalue weighted by molar-refractivity contribution is 8.12. The Hall–Kier alpha value is -1.07. The predicted molar refractivity (Wildman–Crippen MR) is 58.0 cm³/mol. The summed E-state index contributed by atoms with van der Waals surface area (Å²) in [7, 11) is 1.11. The molecule has 4 nitrogen and oxygen atoms in total. The predicted octanol–water partition coefficient (Wildman–Crippen LogP) is 1.57. The van der Waals surface area contributed by atoms with E-state index in [2.05, 4.69) is 4.40 Å². The van der Waals surface area contributed by atoms with Crippen LogP contribution in [0.2, 0.25) is 0 Å². The molecule has 0 aromatic rings. The van der Waals surface area contributed by atoms with Gasteiger partial charge in [-0.3, -0.25) is 0 Å². The maximum atomic E-state index is 10.8. The van der Waals surface area contributed by atoms with E-state index in [1.165, 1.54) is 0 Å². The molecule has 0 fully saturated rings. The van der Waals surface area contributed by atoms with Gasteiger partial charge in [0, 0.05) is 10.7 Å². The van der Waals surface area contributed by atoms with Crippen molar-refractivity contribution in [3.05, 3.63) is 36.5 Å². The number of hydrogen-bond acceptors (Lipinski definition) is 3. The van der Waals surface area contributed by atoms with Crippen molar-refractivity contribution in [2.75, 3.05) is 0 Å². The van der Waals surface area contributed by atoms with Gasteiger partial charge in [-0.05, 0) is 12.2 Å². The molecule has 15 heavy (non-hydrogen) atoms. The summed E-state index contributed by atoms with van der Waals surface area (Å²) >= 11 is 0. The first-order valence-corrected chi connectivity index (χ1v) is 6.56. The number of nitrogens with zero attached hydrogens (tertiary/aromatic N) is 1. The first-order chi connectivity index (χ1) is 7.04. The van der Waals surface area contributed by atoms with Crippen LogP contribution in [0.25, 0.3) is 0 Å². The highest BCUT2D eigenvalue weighted by atomic mass is 35.7. The highest BCUT2D eigenvalue weighted by Crippen LogP contribution is 2.20. The SMILES string of the molecule is O=S(=O)(Cl)/N=C1/OC2C=CC=CC1C=C2. The van der Waals surface area contributed by atoms with E-state index in [0.717, 1.165) is 0 Å².